The van der Waals surface area contributed by atoms with Crippen LogP contribution in [-0.4, -0.2) is 23.1 Å². The maximum atomic E-state index is 12.1. The Kier molecular flexibility index (Phi) is 9.39. The van der Waals surface area contributed by atoms with E-state index in [4.69, 9.17) is 19.6 Å². The lowest BCUT2D eigenvalue weighted by Gasteiger charge is -2.20. The molecule has 0 aromatic rings. The zero-order chi connectivity index (χ0) is 18.1. The van der Waals surface area contributed by atoms with Crippen molar-refractivity contribution in [2.75, 3.05) is 0 Å². The molecule has 0 N–H and O–H groups in total. The van der Waals surface area contributed by atoms with Crippen LogP contribution in [0.1, 0.15) is 80.6 Å². The minimum atomic E-state index is -0.565. The summed E-state index contributed by atoms with van der Waals surface area (Å²) in [6, 6.07) is 0. The highest BCUT2D eigenvalue weighted by Gasteiger charge is 2.25. The molecular formula is C17H32O6. The standard InChI is InChI=1S/C17H32O6/c1-8-9-10-13(15(19)21-23-17(5,6)7)11-12-14(18)20-22-16(2,3)4/h13H,8-12H2,1-7H3. The fourth-order valence-electron chi connectivity index (χ4n) is 1.57. The molecule has 0 aromatic carbocycles. The van der Waals surface area contributed by atoms with Crippen molar-refractivity contribution in [3.63, 3.8) is 0 Å². The van der Waals surface area contributed by atoms with Gasteiger partial charge in [-0.25, -0.2) is 9.59 Å². The first-order valence-electron chi connectivity index (χ1n) is 8.22. The molecule has 6 heteroatoms. The van der Waals surface area contributed by atoms with E-state index in [0.29, 0.717) is 12.8 Å². The molecule has 0 aliphatic rings. The quantitative estimate of drug-likeness (QED) is 0.467. The molecule has 136 valence electrons. The zero-order valence-electron chi connectivity index (χ0n) is 15.6. The molecule has 0 amide bonds. The van der Waals surface area contributed by atoms with Crippen molar-refractivity contribution >= 4 is 11.9 Å². The van der Waals surface area contributed by atoms with Crippen molar-refractivity contribution in [1.82, 2.24) is 0 Å². The minimum Gasteiger partial charge on any atom is -0.298 e. The first kappa shape index (κ1) is 21.9. The van der Waals surface area contributed by atoms with Gasteiger partial charge in [-0.05, 0) is 54.4 Å². The SMILES string of the molecule is CCCCC(CCC(=O)OOC(C)(C)C)C(=O)OOC(C)(C)C. The van der Waals surface area contributed by atoms with Crippen LogP contribution in [-0.2, 0) is 29.1 Å². The minimum absolute atomic E-state index is 0.0923. The van der Waals surface area contributed by atoms with Crippen LogP contribution in [0.4, 0.5) is 0 Å². The van der Waals surface area contributed by atoms with Crippen LogP contribution in [0.2, 0.25) is 0 Å². The molecule has 0 fully saturated rings. The summed E-state index contributed by atoms with van der Waals surface area (Å²) in [5.74, 6) is -1.33. The second kappa shape index (κ2) is 9.88. The van der Waals surface area contributed by atoms with E-state index in [1.165, 1.54) is 0 Å². The fraction of sp³-hybridized carbons (Fsp3) is 0.882. The number of unbranched alkanes of at least 4 members (excludes halogenated alkanes) is 1. The molecule has 0 saturated heterocycles. The maximum Gasteiger partial charge on any atom is 0.345 e. The van der Waals surface area contributed by atoms with Gasteiger partial charge < -0.3 is 0 Å². The van der Waals surface area contributed by atoms with Gasteiger partial charge in [0.15, 0.2) is 0 Å². The summed E-state index contributed by atoms with van der Waals surface area (Å²) in [6.07, 6.45) is 2.92. The molecule has 0 heterocycles. The van der Waals surface area contributed by atoms with Crippen LogP contribution in [0.3, 0.4) is 0 Å². The third-order valence-electron chi connectivity index (χ3n) is 2.69. The summed E-state index contributed by atoms with van der Waals surface area (Å²) in [4.78, 5) is 43.4. The molecular weight excluding hydrogens is 300 g/mol. The third-order valence-corrected chi connectivity index (χ3v) is 2.69. The molecule has 0 aliphatic carbocycles. The predicted octanol–water partition coefficient (Wildman–Crippen LogP) is 4.12. The van der Waals surface area contributed by atoms with Gasteiger partial charge in [0.25, 0.3) is 0 Å². The second-order valence-corrected chi connectivity index (χ2v) is 7.63. The number of hydrogen-bond donors (Lipinski definition) is 0. The number of hydrogen-bond acceptors (Lipinski definition) is 6. The van der Waals surface area contributed by atoms with Crippen LogP contribution in [0, 0.1) is 5.92 Å². The number of carbonyl (C=O) groups is 2. The summed E-state index contributed by atoms with van der Waals surface area (Å²) in [5, 5.41) is 0. The van der Waals surface area contributed by atoms with Crippen LogP contribution in [0.5, 0.6) is 0 Å². The molecule has 0 aromatic heterocycles. The molecule has 1 atom stereocenters. The second-order valence-electron chi connectivity index (χ2n) is 7.63. The highest BCUT2D eigenvalue weighted by molar-refractivity contribution is 5.74. The fourth-order valence-corrected chi connectivity index (χ4v) is 1.57. The average Bonchev–Trinajstić information content (AvgIpc) is 2.41. The molecule has 1 unspecified atom stereocenters. The van der Waals surface area contributed by atoms with Gasteiger partial charge in [-0.2, -0.15) is 9.78 Å². The zero-order valence-corrected chi connectivity index (χ0v) is 15.6. The van der Waals surface area contributed by atoms with Gasteiger partial charge in [0.2, 0.25) is 0 Å². The van der Waals surface area contributed by atoms with Gasteiger partial charge in [0.1, 0.15) is 11.2 Å². The van der Waals surface area contributed by atoms with E-state index in [9.17, 15) is 9.59 Å². The topological polar surface area (TPSA) is 71.1 Å². The third kappa shape index (κ3) is 13.0. The molecule has 0 radical (unpaired) electrons. The smallest absolute Gasteiger partial charge is 0.298 e. The Labute approximate surface area is 139 Å². The molecule has 0 bridgehead atoms. The summed E-state index contributed by atoms with van der Waals surface area (Å²) < 4.78 is 0. The van der Waals surface area contributed by atoms with Gasteiger partial charge in [-0.3, -0.25) is 9.78 Å². The van der Waals surface area contributed by atoms with Gasteiger partial charge in [-0.15, -0.1) is 0 Å². The van der Waals surface area contributed by atoms with Crippen molar-refractivity contribution < 1.29 is 29.1 Å². The lowest BCUT2D eigenvalue weighted by molar-refractivity contribution is -0.324. The Morgan fingerprint density at radius 1 is 0.870 bits per heavy atom. The molecule has 0 spiro atoms. The van der Waals surface area contributed by atoms with Crippen molar-refractivity contribution in [2.24, 2.45) is 5.92 Å². The highest BCUT2D eigenvalue weighted by Crippen LogP contribution is 2.19. The van der Waals surface area contributed by atoms with Crippen molar-refractivity contribution in [2.45, 2.75) is 91.8 Å². The van der Waals surface area contributed by atoms with E-state index in [2.05, 4.69) is 0 Å². The lowest BCUT2D eigenvalue weighted by Crippen LogP contribution is -2.26. The van der Waals surface area contributed by atoms with E-state index in [1.807, 2.05) is 6.92 Å². The summed E-state index contributed by atoms with van der Waals surface area (Å²) in [7, 11) is 0. The van der Waals surface area contributed by atoms with E-state index in [-0.39, 0.29) is 12.3 Å². The van der Waals surface area contributed by atoms with Crippen molar-refractivity contribution in [3.05, 3.63) is 0 Å². The van der Waals surface area contributed by atoms with E-state index >= 15 is 0 Å². The first-order chi connectivity index (χ1) is 10.4. The van der Waals surface area contributed by atoms with Gasteiger partial charge in [-0.1, -0.05) is 19.8 Å². The van der Waals surface area contributed by atoms with Gasteiger partial charge in [0, 0.05) is 6.42 Å². The van der Waals surface area contributed by atoms with E-state index < -0.39 is 23.1 Å². The van der Waals surface area contributed by atoms with Crippen molar-refractivity contribution in [1.29, 1.82) is 0 Å². The lowest BCUT2D eigenvalue weighted by atomic mass is 9.97. The Morgan fingerprint density at radius 3 is 1.87 bits per heavy atom. The van der Waals surface area contributed by atoms with E-state index in [0.717, 1.165) is 12.8 Å². The molecule has 0 rings (SSSR count). The number of rotatable bonds is 9. The highest BCUT2D eigenvalue weighted by atomic mass is 17.2. The summed E-state index contributed by atoms with van der Waals surface area (Å²) >= 11 is 0. The normalized spacial score (nSPS) is 13.5. The predicted molar refractivity (Wildman–Crippen MR) is 86.1 cm³/mol. The van der Waals surface area contributed by atoms with Crippen LogP contribution < -0.4 is 0 Å². The maximum absolute atomic E-state index is 12.1. The molecule has 23 heavy (non-hydrogen) atoms. The van der Waals surface area contributed by atoms with Crippen molar-refractivity contribution in [3.8, 4) is 0 Å². The Hall–Kier alpha value is -1.14. The summed E-state index contributed by atoms with van der Waals surface area (Å²) in [5.41, 5.74) is -1.12. The Balaban J connectivity index is 4.38. The Bertz CT molecular complexity index is 364. The summed E-state index contributed by atoms with van der Waals surface area (Å²) in [6.45, 7) is 12.8. The Morgan fingerprint density at radius 2 is 1.39 bits per heavy atom. The number of carbonyl (C=O) groups excluding carboxylic acids is 2. The van der Waals surface area contributed by atoms with Crippen LogP contribution >= 0.6 is 0 Å². The largest absolute Gasteiger partial charge is 0.345 e. The average molecular weight is 332 g/mol. The van der Waals surface area contributed by atoms with Crippen LogP contribution in [0.25, 0.3) is 0 Å². The van der Waals surface area contributed by atoms with Gasteiger partial charge >= 0.3 is 11.9 Å². The first-order valence-corrected chi connectivity index (χ1v) is 8.22. The van der Waals surface area contributed by atoms with E-state index in [1.54, 1.807) is 41.5 Å². The molecule has 0 saturated carbocycles. The van der Waals surface area contributed by atoms with Gasteiger partial charge in [0.05, 0.1) is 5.92 Å². The monoisotopic (exact) mass is 332 g/mol. The molecule has 6 nitrogen and oxygen atoms in total. The van der Waals surface area contributed by atoms with Crippen LogP contribution in [0.15, 0.2) is 0 Å². The molecule has 0 aliphatic heterocycles.